The molecule has 0 saturated heterocycles. The minimum Gasteiger partial charge on any atom is -0.143 e. The van der Waals surface area contributed by atoms with E-state index in [0.717, 1.165) is 16.1 Å². The van der Waals surface area contributed by atoms with E-state index in [4.69, 9.17) is 0 Å². The van der Waals surface area contributed by atoms with Gasteiger partial charge in [-0.15, -0.1) is 9.63 Å². The van der Waals surface area contributed by atoms with E-state index in [1.165, 1.54) is 11.9 Å². The van der Waals surface area contributed by atoms with Crippen molar-refractivity contribution in [3.63, 3.8) is 0 Å². The van der Waals surface area contributed by atoms with Crippen molar-refractivity contribution < 1.29 is 0 Å². The Hall–Kier alpha value is -1.61. The number of hydrogen-bond acceptors (Lipinski definition) is 3. The lowest BCUT2D eigenvalue weighted by molar-refractivity contribution is 1.28. The molecule has 2 nitrogen and oxygen atoms in total. The van der Waals surface area contributed by atoms with Crippen LogP contribution in [0.4, 0.5) is 5.69 Å². The van der Waals surface area contributed by atoms with E-state index in [1.807, 2.05) is 61.5 Å². The Balaban J connectivity index is 2.03. The maximum atomic E-state index is 4.19. The lowest BCUT2D eigenvalue weighted by Crippen LogP contribution is -1.70. The molecule has 0 spiro atoms. The van der Waals surface area contributed by atoms with E-state index in [9.17, 15) is 0 Å². The summed E-state index contributed by atoms with van der Waals surface area (Å²) in [6.45, 7) is 2.03. The molecule has 0 aliphatic carbocycles. The molecular formula is C13H12N2S. The third kappa shape index (κ3) is 2.94. The highest BCUT2D eigenvalue weighted by atomic mass is 32.2. The van der Waals surface area contributed by atoms with E-state index in [1.54, 1.807) is 0 Å². The van der Waals surface area contributed by atoms with Crippen LogP contribution in [-0.2, 0) is 0 Å². The van der Waals surface area contributed by atoms with Crippen LogP contribution in [0, 0.1) is 6.92 Å². The molecule has 0 radical (unpaired) electrons. The van der Waals surface area contributed by atoms with Crippen molar-refractivity contribution in [3.8, 4) is 0 Å². The highest BCUT2D eigenvalue weighted by Gasteiger charge is 1.93. The fourth-order valence-corrected chi connectivity index (χ4v) is 1.77. The summed E-state index contributed by atoms with van der Waals surface area (Å²) in [7, 11) is 0. The highest BCUT2D eigenvalue weighted by Crippen LogP contribution is 2.23. The van der Waals surface area contributed by atoms with Crippen LogP contribution in [0.15, 0.2) is 69.1 Å². The maximum absolute atomic E-state index is 4.19. The average molecular weight is 228 g/mol. The zero-order valence-corrected chi connectivity index (χ0v) is 9.82. The van der Waals surface area contributed by atoms with Gasteiger partial charge in [0.05, 0.1) is 5.69 Å². The van der Waals surface area contributed by atoms with Crippen LogP contribution in [0.2, 0.25) is 0 Å². The molecule has 2 aromatic rings. The molecular weight excluding hydrogens is 216 g/mol. The molecule has 80 valence electrons. The Morgan fingerprint density at radius 3 is 2.31 bits per heavy atom. The molecule has 0 aliphatic heterocycles. The predicted molar refractivity (Wildman–Crippen MR) is 68.0 cm³/mol. The van der Waals surface area contributed by atoms with Gasteiger partial charge in [-0.3, -0.25) is 0 Å². The first-order chi connectivity index (χ1) is 7.86. The quantitative estimate of drug-likeness (QED) is 0.547. The van der Waals surface area contributed by atoms with Crippen molar-refractivity contribution >= 4 is 17.6 Å². The van der Waals surface area contributed by atoms with Crippen molar-refractivity contribution in [2.45, 2.75) is 11.8 Å². The van der Waals surface area contributed by atoms with Crippen molar-refractivity contribution in [1.82, 2.24) is 0 Å². The third-order valence-electron chi connectivity index (χ3n) is 2.15. The van der Waals surface area contributed by atoms with Crippen LogP contribution in [-0.4, -0.2) is 0 Å². The average Bonchev–Trinajstić information content (AvgIpc) is 2.33. The molecule has 2 aromatic carbocycles. The van der Waals surface area contributed by atoms with E-state index >= 15 is 0 Å². The monoisotopic (exact) mass is 228 g/mol. The van der Waals surface area contributed by atoms with E-state index in [0.29, 0.717) is 0 Å². The van der Waals surface area contributed by atoms with Gasteiger partial charge in [0.25, 0.3) is 0 Å². The van der Waals surface area contributed by atoms with Crippen molar-refractivity contribution in [1.29, 1.82) is 0 Å². The van der Waals surface area contributed by atoms with Crippen LogP contribution in [0.25, 0.3) is 0 Å². The summed E-state index contributed by atoms with van der Waals surface area (Å²) in [6.07, 6.45) is 0. The van der Waals surface area contributed by atoms with E-state index < -0.39 is 0 Å². The van der Waals surface area contributed by atoms with Gasteiger partial charge in [0.2, 0.25) is 0 Å². The van der Waals surface area contributed by atoms with Gasteiger partial charge in [-0.2, -0.15) is 0 Å². The maximum Gasteiger partial charge on any atom is 0.0892 e. The molecule has 0 fully saturated rings. The fraction of sp³-hybridized carbons (Fsp3) is 0.0769. The minimum atomic E-state index is 0.922. The standard InChI is InChI=1S/C13H12N2S/c1-11-7-5-6-10-13(11)14-15-16-12-8-3-2-4-9-12/h2-10H,1H3. The minimum absolute atomic E-state index is 0.922. The number of nitrogens with zero attached hydrogens (tertiary/aromatic N) is 2. The van der Waals surface area contributed by atoms with Gasteiger partial charge in [-0.25, -0.2) is 0 Å². The molecule has 0 amide bonds. The lowest BCUT2D eigenvalue weighted by Gasteiger charge is -1.96. The summed E-state index contributed by atoms with van der Waals surface area (Å²) in [4.78, 5) is 1.10. The van der Waals surface area contributed by atoms with Gasteiger partial charge in [0.1, 0.15) is 0 Å². The second kappa shape index (κ2) is 5.47. The summed E-state index contributed by atoms with van der Waals surface area (Å²) in [5, 5.41) is 4.19. The van der Waals surface area contributed by atoms with Crippen LogP contribution in [0.1, 0.15) is 5.56 Å². The van der Waals surface area contributed by atoms with Crippen molar-refractivity contribution in [2.24, 2.45) is 9.63 Å². The molecule has 0 aliphatic rings. The molecule has 0 aromatic heterocycles. The largest absolute Gasteiger partial charge is 0.143 e. The number of benzene rings is 2. The van der Waals surface area contributed by atoms with Crippen LogP contribution < -0.4 is 0 Å². The Bertz CT molecular complexity index is 480. The van der Waals surface area contributed by atoms with E-state index in [2.05, 4.69) is 9.63 Å². The summed E-state index contributed by atoms with van der Waals surface area (Å²) >= 11 is 1.38. The van der Waals surface area contributed by atoms with Gasteiger partial charge in [-0.1, -0.05) is 36.4 Å². The van der Waals surface area contributed by atoms with Crippen molar-refractivity contribution in [3.05, 3.63) is 60.2 Å². The fourth-order valence-electron chi connectivity index (χ4n) is 1.27. The molecule has 0 heterocycles. The van der Waals surface area contributed by atoms with Gasteiger partial charge in [-0.05, 0) is 30.7 Å². The molecule has 0 saturated carbocycles. The first kappa shape index (κ1) is 10.9. The summed E-state index contributed by atoms with van der Waals surface area (Å²) in [6, 6.07) is 18.0. The highest BCUT2D eigenvalue weighted by molar-refractivity contribution is 7.97. The zero-order chi connectivity index (χ0) is 11.2. The van der Waals surface area contributed by atoms with Gasteiger partial charge in [0.15, 0.2) is 0 Å². The molecule has 0 N–H and O–H groups in total. The summed E-state index contributed by atoms with van der Waals surface area (Å²) in [5.74, 6) is 0. The van der Waals surface area contributed by atoms with Crippen LogP contribution in [0.5, 0.6) is 0 Å². The first-order valence-corrected chi connectivity index (χ1v) is 5.82. The molecule has 0 unspecified atom stereocenters. The predicted octanol–water partition coefficient (Wildman–Crippen LogP) is 4.79. The Labute approximate surface area is 99.6 Å². The summed E-state index contributed by atoms with van der Waals surface area (Å²) in [5.41, 5.74) is 2.06. The van der Waals surface area contributed by atoms with Gasteiger partial charge in [0, 0.05) is 16.8 Å². The first-order valence-electron chi connectivity index (χ1n) is 5.05. The smallest absolute Gasteiger partial charge is 0.0892 e. The second-order valence-electron chi connectivity index (χ2n) is 3.37. The molecule has 0 atom stereocenters. The SMILES string of the molecule is Cc1ccccc1N=NSc1ccccc1. The van der Waals surface area contributed by atoms with Crippen molar-refractivity contribution in [2.75, 3.05) is 0 Å². The molecule has 3 heteroatoms. The second-order valence-corrected chi connectivity index (χ2v) is 4.19. The molecule has 0 bridgehead atoms. The number of rotatable bonds is 3. The zero-order valence-electron chi connectivity index (χ0n) is 9.00. The lowest BCUT2D eigenvalue weighted by atomic mass is 10.2. The summed E-state index contributed by atoms with van der Waals surface area (Å²) < 4.78 is 4.11. The normalized spacial score (nSPS) is 10.8. The van der Waals surface area contributed by atoms with E-state index in [-0.39, 0.29) is 0 Å². The molecule has 16 heavy (non-hydrogen) atoms. The Morgan fingerprint density at radius 1 is 0.875 bits per heavy atom. The van der Waals surface area contributed by atoms with Crippen LogP contribution >= 0.6 is 11.9 Å². The van der Waals surface area contributed by atoms with Gasteiger partial charge < -0.3 is 0 Å². The Kier molecular flexibility index (Phi) is 3.72. The molecule has 2 rings (SSSR count). The third-order valence-corrected chi connectivity index (χ3v) is 2.80. The Morgan fingerprint density at radius 2 is 1.56 bits per heavy atom. The van der Waals surface area contributed by atoms with Crippen LogP contribution in [0.3, 0.4) is 0 Å². The number of aryl methyl sites for hydroxylation is 1. The van der Waals surface area contributed by atoms with Gasteiger partial charge >= 0.3 is 0 Å². The topological polar surface area (TPSA) is 24.7 Å². The number of hydrogen-bond donors (Lipinski definition) is 0.